The van der Waals surface area contributed by atoms with Gasteiger partial charge in [-0.25, -0.2) is 0 Å². The van der Waals surface area contributed by atoms with Gasteiger partial charge in [0.25, 0.3) is 0 Å². The molecule has 0 aliphatic rings. The molecule has 0 aliphatic heterocycles. The van der Waals surface area contributed by atoms with Crippen LogP contribution in [0.5, 0.6) is 0 Å². The molecule has 0 saturated heterocycles. The fourth-order valence-electron chi connectivity index (χ4n) is 1.55. The predicted octanol–water partition coefficient (Wildman–Crippen LogP) is 3.37. The second-order valence-electron chi connectivity index (χ2n) is 3.90. The number of anilines is 1. The Labute approximate surface area is 111 Å². The Morgan fingerprint density at radius 2 is 1.74 bits per heavy atom. The molecule has 19 heavy (non-hydrogen) atoms. The third-order valence-corrected chi connectivity index (χ3v) is 2.56. The van der Waals surface area contributed by atoms with E-state index in [0.717, 1.165) is 5.69 Å². The maximum atomic E-state index is 11.8. The molecular formula is C16H12N2O. The number of rotatable bonds is 4. The van der Waals surface area contributed by atoms with E-state index in [9.17, 15) is 4.79 Å². The summed E-state index contributed by atoms with van der Waals surface area (Å²) in [5, 5.41) is 11.7. The van der Waals surface area contributed by atoms with E-state index in [4.69, 9.17) is 5.26 Å². The van der Waals surface area contributed by atoms with Gasteiger partial charge in [0.05, 0.1) is 11.6 Å². The molecule has 0 fully saturated rings. The first-order valence-corrected chi connectivity index (χ1v) is 5.82. The molecule has 0 unspecified atom stereocenters. The zero-order valence-corrected chi connectivity index (χ0v) is 10.2. The van der Waals surface area contributed by atoms with E-state index in [-0.39, 0.29) is 5.78 Å². The van der Waals surface area contributed by atoms with Gasteiger partial charge in [-0.15, -0.1) is 0 Å². The lowest BCUT2D eigenvalue weighted by Crippen LogP contribution is -1.95. The van der Waals surface area contributed by atoms with Gasteiger partial charge in [-0.2, -0.15) is 5.26 Å². The average molecular weight is 248 g/mol. The fourth-order valence-corrected chi connectivity index (χ4v) is 1.55. The molecule has 0 atom stereocenters. The lowest BCUT2D eigenvalue weighted by atomic mass is 10.1. The van der Waals surface area contributed by atoms with Crippen LogP contribution < -0.4 is 5.32 Å². The Morgan fingerprint density at radius 1 is 1.05 bits per heavy atom. The molecule has 3 nitrogen and oxygen atoms in total. The summed E-state index contributed by atoms with van der Waals surface area (Å²) in [6.45, 7) is 0. The first kappa shape index (κ1) is 12.6. The van der Waals surface area contributed by atoms with Gasteiger partial charge in [0.15, 0.2) is 5.78 Å². The zero-order valence-electron chi connectivity index (χ0n) is 10.2. The number of benzene rings is 2. The van der Waals surface area contributed by atoms with E-state index in [1.165, 1.54) is 6.08 Å². The minimum Gasteiger partial charge on any atom is -0.362 e. The molecule has 0 heterocycles. The molecule has 92 valence electrons. The molecule has 0 saturated carbocycles. The number of nitrogens with one attached hydrogen (secondary N) is 1. The molecular weight excluding hydrogens is 236 g/mol. The second-order valence-corrected chi connectivity index (χ2v) is 3.90. The highest BCUT2D eigenvalue weighted by atomic mass is 16.1. The highest BCUT2D eigenvalue weighted by molar-refractivity contribution is 6.04. The number of ketones is 1. The average Bonchev–Trinajstić information content (AvgIpc) is 2.49. The summed E-state index contributed by atoms with van der Waals surface area (Å²) in [5.41, 5.74) is 2.09. The van der Waals surface area contributed by atoms with Gasteiger partial charge in [0.1, 0.15) is 0 Å². The fraction of sp³-hybridized carbons (Fsp3) is 0. The molecule has 0 aliphatic carbocycles. The molecule has 3 heteroatoms. The normalized spacial score (nSPS) is 10.1. The van der Waals surface area contributed by atoms with E-state index >= 15 is 0 Å². The molecule has 0 radical (unpaired) electrons. The Balaban J connectivity index is 1.96. The number of hydrogen-bond acceptors (Lipinski definition) is 3. The van der Waals surface area contributed by atoms with Crippen LogP contribution in [0.2, 0.25) is 0 Å². The van der Waals surface area contributed by atoms with Crippen LogP contribution in [0, 0.1) is 11.3 Å². The van der Waals surface area contributed by atoms with Crippen molar-refractivity contribution >= 4 is 11.5 Å². The summed E-state index contributed by atoms with van der Waals surface area (Å²) in [7, 11) is 0. The largest absolute Gasteiger partial charge is 0.362 e. The van der Waals surface area contributed by atoms with Gasteiger partial charge in [-0.3, -0.25) is 4.79 Å². The van der Waals surface area contributed by atoms with Crippen molar-refractivity contribution in [1.82, 2.24) is 0 Å². The number of carbonyl (C=O) groups excluding carboxylic acids is 1. The van der Waals surface area contributed by atoms with Crippen LogP contribution in [0.15, 0.2) is 66.9 Å². The van der Waals surface area contributed by atoms with Crippen LogP contribution in [0.4, 0.5) is 5.69 Å². The van der Waals surface area contributed by atoms with E-state index in [2.05, 4.69) is 11.4 Å². The quantitative estimate of drug-likeness (QED) is 0.666. The summed E-state index contributed by atoms with van der Waals surface area (Å²) < 4.78 is 0. The molecule has 0 bridgehead atoms. The highest BCUT2D eigenvalue weighted by Gasteiger charge is 1.98. The summed E-state index contributed by atoms with van der Waals surface area (Å²) in [4.78, 5) is 11.8. The maximum absolute atomic E-state index is 11.8. The number of carbonyl (C=O) groups is 1. The molecule has 1 N–H and O–H groups in total. The van der Waals surface area contributed by atoms with Crippen LogP contribution in [-0.2, 0) is 0 Å². The van der Waals surface area contributed by atoms with Crippen molar-refractivity contribution in [3.8, 4) is 6.07 Å². The smallest absolute Gasteiger partial charge is 0.187 e. The first-order valence-electron chi connectivity index (χ1n) is 5.82. The van der Waals surface area contributed by atoms with E-state index < -0.39 is 0 Å². The summed E-state index contributed by atoms with van der Waals surface area (Å²) in [5.74, 6) is -0.0539. The lowest BCUT2D eigenvalue weighted by Gasteiger charge is -2.00. The Morgan fingerprint density at radius 3 is 2.37 bits per heavy atom. The first-order chi connectivity index (χ1) is 9.29. The van der Waals surface area contributed by atoms with Gasteiger partial charge in [0, 0.05) is 23.5 Å². The van der Waals surface area contributed by atoms with Crippen LogP contribution in [0.1, 0.15) is 15.9 Å². The van der Waals surface area contributed by atoms with Gasteiger partial charge in [-0.1, -0.05) is 30.3 Å². The SMILES string of the molecule is N#Cc1ccc(N/C=C/C(=O)c2ccccc2)cc1. The number of allylic oxidation sites excluding steroid dienone is 1. The van der Waals surface area contributed by atoms with Gasteiger partial charge < -0.3 is 5.32 Å². The minimum atomic E-state index is -0.0539. The van der Waals surface area contributed by atoms with Crippen molar-refractivity contribution in [2.75, 3.05) is 5.32 Å². The standard InChI is InChI=1S/C16H12N2O/c17-12-13-6-8-15(9-7-13)18-11-10-16(19)14-4-2-1-3-5-14/h1-11,18H/b11-10+. The molecule has 2 aromatic carbocycles. The molecule has 2 aromatic rings. The highest BCUT2D eigenvalue weighted by Crippen LogP contribution is 2.08. The Bertz CT molecular complexity index is 622. The van der Waals surface area contributed by atoms with Crippen molar-refractivity contribution in [2.24, 2.45) is 0 Å². The van der Waals surface area contributed by atoms with Gasteiger partial charge >= 0.3 is 0 Å². The number of nitriles is 1. The monoisotopic (exact) mass is 248 g/mol. The summed E-state index contributed by atoms with van der Waals surface area (Å²) >= 11 is 0. The molecule has 0 amide bonds. The molecule has 0 aromatic heterocycles. The van der Waals surface area contributed by atoms with Gasteiger partial charge in [0.2, 0.25) is 0 Å². The summed E-state index contributed by atoms with van der Waals surface area (Å²) in [6.07, 6.45) is 3.07. The zero-order chi connectivity index (χ0) is 13.5. The molecule has 2 rings (SSSR count). The van der Waals surface area contributed by atoms with E-state index in [1.54, 1.807) is 42.6 Å². The third-order valence-electron chi connectivity index (χ3n) is 2.56. The van der Waals surface area contributed by atoms with Crippen LogP contribution in [0.3, 0.4) is 0 Å². The Kier molecular flexibility index (Phi) is 4.09. The van der Waals surface area contributed by atoms with Crippen molar-refractivity contribution in [2.45, 2.75) is 0 Å². The Hall–Kier alpha value is -2.86. The van der Waals surface area contributed by atoms with Crippen LogP contribution >= 0.6 is 0 Å². The van der Waals surface area contributed by atoms with Gasteiger partial charge in [-0.05, 0) is 24.3 Å². The number of nitrogens with zero attached hydrogens (tertiary/aromatic N) is 1. The topological polar surface area (TPSA) is 52.9 Å². The molecule has 0 spiro atoms. The van der Waals surface area contributed by atoms with Crippen molar-refractivity contribution in [3.05, 3.63) is 78.0 Å². The lowest BCUT2D eigenvalue weighted by molar-refractivity contribution is 0.104. The van der Waals surface area contributed by atoms with Crippen molar-refractivity contribution in [1.29, 1.82) is 5.26 Å². The minimum absolute atomic E-state index is 0.0539. The van der Waals surface area contributed by atoms with Crippen molar-refractivity contribution < 1.29 is 4.79 Å². The van der Waals surface area contributed by atoms with E-state index in [0.29, 0.717) is 11.1 Å². The predicted molar refractivity (Wildman–Crippen MR) is 74.7 cm³/mol. The summed E-state index contributed by atoms with van der Waals surface area (Å²) in [6, 6.07) is 18.1. The third kappa shape index (κ3) is 3.55. The van der Waals surface area contributed by atoms with Crippen LogP contribution in [0.25, 0.3) is 0 Å². The maximum Gasteiger partial charge on any atom is 0.187 e. The number of hydrogen-bond donors (Lipinski definition) is 1. The van der Waals surface area contributed by atoms with E-state index in [1.807, 2.05) is 18.2 Å². The van der Waals surface area contributed by atoms with Crippen LogP contribution in [-0.4, -0.2) is 5.78 Å². The second kappa shape index (κ2) is 6.18. The van der Waals surface area contributed by atoms with Crippen molar-refractivity contribution in [3.63, 3.8) is 0 Å².